The van der Waals surface area contributed by atoms with Gasteiger partial charge >= 0.3 is 0 Å². The SMILES string of the molecule is Nc1cc(Sc2ccc3c(c2)OCCO3)cc([N+](=O)[O-])c1. The zero-order chi connectivity index (χ0) is 14.8. The smallest absolute Gasteiger partial charge is 0.272 e. The first-order chi connectivity index (χ1) is 10.1. The fraction of sp³-hybridized carbons (Fsp3) is 0.143. The van der Waals surface area contributed by atoms with E-state index in [0.29, 0.717) is 35.3 Å². The van der Waals surface area contributed by atoms with Crippen molar-refractivity contribution in [3.63, 3.8) is 0 Å². The van der Waals surface area contributed by atoms with Crippen molar-refractivity contribution < 1.29 is 14.4 Å². The van der Waals surface area contributed by atoms with Gasteiger partial charge in [0.05, 0.1) is 4.92 Å². The molecule has 1 heterocycles. The summed E-state index contributed by atoms with van der Waals surface area (Å²) < 4.78 is 11.0. The van der Waals surface area contributed by atoms with Crippen LogP contribution >= 0.6 is 11.8 Å². The van der Waals surface area contributed by atoms with Crippen molar-refractivity contribution in [2.45, 2.75) is 9.79 Å². The summed E-state index contributed by atoms with van der Waals surface area (Å²) in [6, 6.07) is 10.1. The normalized spacial score (nSPS) is 13.0. The second kappa shape index (κ2) is 5.53. The summed E-state index contributed by atoms with van der Waals surface area (Å²) in [4.78, 5) is 12.0. The number of nitro benzene ring substituents is 1. The lowest BCUT2D eigenvalue weighted by molar-refractivity contribution is -0.385. The van der Waals surface area contributed by atoms with Gasteiger partial charge in [-0.3, -0.25) is 10.1 Å². The molecule has 1 aliphatic heterocycles. The van der Waals surface area contributed by atoms with Crippen molar-refractivity contribution in [2.75, 3.05) is 18.9 Å². The molecule has 0 amide bonds. The molecule has 2 aromatic rings. The first-order valence-electron chi connectivity index (χ1n) is 6.24. The van der Waals surface area contributed by atoms with Crippen molar-refractivity contribution in [1.82, 2.24) is 0 Å². The molecule has 3 rings (SSSR count). The highest BCUT2D eigenvalue weighted by atomic mass is 32.2. The van der Waals surface area contributed by atoms with Gasteiger partial charge in [0.25, 0.3) is 5.69 Å². The summed E-state index contributed by atoms with van der Waals surface area (Å²) >= 11 is 1.39. The van der Waals surface area contributed by atoms with Crippen molar-refractivity contribution in [3.05, 3.63) is 46.5 Å². The molecule has 0 atom stereocenters. The van der Waals surface area contributed by atoms with Crippen LogP contribution < -0.4 is 15.2 Å². The molecule has 0 bridgehead atoms. The minimum atomic E-state index is -0.454. The van der Waals surface area contributed by atoms with Gasteiger partial charge in [-0.05, 0) is 24.3 Å². The number of nitrogens with two attached hydrogens (primary N) is 1. The predicted molar refractivity (Wildman–Crippen MR) is 79.1 cm³/mol. The minimum absolute atomic E-state index is 0.0185. The van der Waals surface area contributed by atoms with E-state index in [4.69, 9.17) is 15.2 Å². The van der Waals surface area contributed by atoms with Gasteiger partial charge in [-0.2, -0.15) is 0 Å². The number of hydrogen-bond acceptors (Lipinski definition) is 6. The van der Waals surface area contributed by atoms with Gasteiger partial charge in [-0.15, -0.1) is 0 Å². The molecule has 2 aromatic carbocycles. The summed E-state index contributed by atoms with van der Waals surface area (Å²) in [5.41, 5.74) is 6.05. The van der Waals surface area contributed by atoms with Crippen LogP contribution in [-0.2, 0) is 0 Å². The molecule has 0 radical (unpaired) electrons. The van der Waals surface area contributed by atoms with Crippen LogP contribution in [0.3, 0.4) is 0 Å². The highest BCUT2D eigenvalue weighted by molar-refractivity contribution is 7.99. The third-order valence-corrected chi connectivity index (χ3v) is 3.83. The monoisotopic (exact) mass is 304 g/mol. The molecule has 21 heavy (non-hydrogen) atoms. The standard InChI is InChI=1S/C14H12N2O4S/c15-9-5-10(16(17)18)7-12(6-9)21-11-1-2-13-14(8-11)20-4-3-19-13/h1-2,5-8H,3-4,15H2. The number of anilines is 1. The summed E-state index contributed by atoms with van der Waals surface area (Å²) in [6.45, 7) is 1.06. The zero-order valence-corrected chi connectivity index (χ0v) is 11.8. The van der Waals surface area contributed by atoms with Crippen molar-refractivity contribution in [1.29, 1.82) is 0 Å². The van der Waals surface area contributed by atoms with E-state index in [1.165, 1.54) is 23.9 Å². The van der Waals surface area contributed by atoms with Gasteiger partial charge in [0.2, 0.25) is 0 Å². The van der Waals surface area contributed by atoms with Gasteiger partial charge in [0, 0.05) is 27.6 Å². The average molecular weight is 304 g/mol. The topological polar surface area (TPSA) is 87.6 Å². The molecule has 0 saturated heterocycles. The largest absolute Gasteiger partial charge is 0.486 e. The summed E-state index contributed by atoms with van der Waals surface area (Å²) in [6.07, 6.45) is 0. The number of nitro groups is 1. The Morgan fingerprint density at radius 3 is 2.57 bits per heavy atom. The lowest BCUT2D eigenvalue weighted by Crippen LogP contribution is -2.15. The Kier molecular flexibility index (Phi) is 3.57. The third kappa shape index (κ3) is 3.03. The lowest BCUT2D eigenvalue weighted by atomic mass is 10.3. The molecule has 1 aliphatic rings. The maximum absolute atomic E-state index is 10.9. The molecule has 0 aliphatic carbocycles. The van der Waals surface area contributed by atoms with Gasteiger partial charge in [0.1, 0.15) is 13.2 Å². The molecule has 6 nitrogen and oxygen atoms in total. The highest BCUT2D eigenvalue weighted by Crippen LogP contribution is 2.38. The van der Waals surface area contributed by atoms with Crippen LogP contribution in [0.2, 0.25) is 0 Å². The van der Waals surface area contributed by atoms with E-state index < -0.39 is 4.92 Å². The summed E-state index contributed by atoms with van der Waals surface area (Å²) in [7, 11) is 0. The highest BCUT2D eigenvalue weighted by Gasteiger charge is 2.14. The number of rotatable bonds is 3. The predicted octanol–water partition coefficient (Wildman–Crippen LogP) is 3.10. The molecular formula is C14H12N2O4S. The number of non-ortho nitro benzene ring substituents is 1. The van der Waals surface area contributed by atoms with Gasteiger partial charge in [-0.1, -0.05) is 11.8 Å². The van der Waals surface area contributed by atoms with Crippen LogP contribution in [-0.4, -0.2) is 18.1 Å². The van der Waals surface area contributed by atoms with Crippen molar-refractivity contribution in [3.8, 4) is 11.5 Å². The Balaban J connectivity index is 1.88. The van der Waals surface area contributed by atoms with Crippen LogP contribution in [0.15, 0.2) is 46.2 Å². The van der Waals surface area contributed by atoms with E-state index in [1.807, 2.05) is 18.2 Å². The average Bonchev–Trinajstić information content (AvgIpc) is 2.46. The van der Waals surface area contributed by atoms with E-state index >= 15 is 0 Å². The van der Waals surface area contributed by atoms with Crippen molar-refractivity contribution in [2.24, 2.45) is 0 Å². The Bertz CT molecular complexity index is 705. The molecular weight excluding hydrogens is 292 g/mol. The number of benzene rings is 2. The van der Waals surface area contributed by atoms with Gasteiger partial charge in [-0.25, -0.2) is 0 Å². The molecule has 0 aromatic heterocycles. The number of nitrogens with zero attached hydrogens (tertiary/aromatic N) is 1. The van der Waals surface area contributed by atoms with Crippen LogP contribution in [0.4, 0.5) is 11.4 Å². The maximum atomic E-state index is 10.9. The molecule has 0 saturated carbocycles. The van der Waals surface area contributed by atoms with Gasteiger partial charge < -0.3 is 15.2 Å². The van der Waals surface area contributed by atoms with E-state index in [-0.39, 0.29) is 5.69 Å². The van der Waals surface area contributed by atoms with Gasteiger partial charge in [0.15, 0.2) is 11.5 Å². The molecule has 2 N–H and O–H groups in total. The first-order valence-corrected chi connectivity index (χ1v) is 7.06. The Morgan fingerprint density at radius 1 is 1.05 bits per heavy atom. The zero-order valence-electron chi connectivity index (χ0n) is 10.9. The second-order valence-electron chi connectivity index (χ2n) is 4.42. The van der Waals surface area contributed by atoms with Crippen LogP contribution in [0.1, 0.15) is 0 Å². The number of nitrogen functional groups attached to an aromatic ring is 1. The third-order valence-electron chi connectivity index (χ3n) is 2.87. The Morgan fingerprint density at radius 2 is 1.81 bits per heavy atom. The van der Waals surface area contributed by atoms with E-state index in [2.05, 4.69) is 0 Å². The number of hydrogen-bond donors (Lipinski definition) is 1. The van der Waals surface area contributed by atoms with E-state index in [0.717, 1.165) is 4.90 Å². The quantitative estimate of drug-likeness (QED) is 0.532. The molecule has 0 unspecified atom stereocenters. The summed E-state index contributed by atoms with van der Waals surface area (Å²) in [5, 5.41) is 10.9. The van der Waals surface area contributed by atoms with E-state index in [9.17, 15) is 10.1 Å². The molecule has 0 fully saturated rings. The van der Waals surface area contributed by atoms with Crippen LogP contribution in [0.25, 0.3) is 0 Å². The maximum Gasteiger partial charge on any atom is 0.272 e. The molecule has 108 valence electrons. The Hall–Kier alpha value is -2.41. The van der Waals surface area contributed by atoms with Crippen LogP contribution in [0.5, 0.6) is 11.5 Å². The number of ether oxygens (including phenoxy) is 2. The second-order valence-corrected chi connectivity index (χ2v) is 5.57. The Labute approximate surface area is 125 Å². The van der Waals surface area contributed by atoms with Crippen LogP contribution in [0, 0.1) is 10.1 Å². The molecule has 0 spiro atoms. The minimum Gasteiger partial charge on any atom is -0.486 e. The van der Waals surface area contributed by atoms with Crippen molar-refractivity contribution >= 4 is 23.1 Å². The van der Waals surface area contributed by atoms with E-state index in [1.54, 1.807) is 6.07 Å². The fourth-order valence-corrected chi connectivity index (χ4v) is 2.94. The fourth-order valence-electron chi connectivity index (χ4n) is 1.99. The number of fused-ring (bicyclic) bond motifs is 1. The lowest BCUT2D eigenvalue weighted by Gasteiger charge is -2.18. The summed E-state index contributed by atoms with van der Waals surface area (Å²) in [5.74, 6) is 1.40. The first kappa shape index (κ1) is 13.6. The molecule has 7 heteroatoms.